The molecule has 19 heavy (non-hydrogen) atoms. The van der Waals surface area contributed by atoms with Crippen molar-refractivity contribution in [1.82, 2.24) is 9.55 Å². The third-order valence-electron chi connectivity index (χ3n) is 5.88. The van der Waals surface area contributed by atoms with Crippen LogP contribution in [0.4, 0.5) is 5.69 Å². The molecule has 3 saturated carbocycles. The van der Waals surface area contributed by atoms with Crippen LogP contribution in [-0.4, -0.2) is 9.55 Å². The first kappa shape index (κ1) is 10.3. The molecular weight excluding hydrogens is 234 g/mol. The highest BCUT2D eigenvalue weighted by Crippen LogP contribution is 2.71. The van der Waals surface area contributed by atoms with Crippen LogP contribution in [0, 0.1) is 30.6 Å². The standard InChI is InChI=1S/C16H19N3/c1-8-18-12-7-11(17)4-5-13(12)19(8)16-14-9-2-3-10(6-9)15(14)16/h4-5,7,9-10,14-16H,2-3,6,17H2,1H3. The molecule has 2 N–H and O–H groups in total. The van der Waals surface area contributed by atoms with Gasteiger partial charge in [0.05, 0.1) is 11.0 Å². The van der Waals surface area contributed by atoms with Crippen molar-refractivity contribution in [3.63, 3.8) is 0 Å². The predicted molar refractivity (Wildman–Crippen MR) is 75.7 cm³/mol. The van der Waals surface area contributed by atoms with Gasteiger partial charge in [-0.25, -0.2) is 4.98 Å². The Kier molecular flexibility index (Phi) is 1.70. The molecule has 1 aromatic heterocycles. The SMILES string of the molecule is Cc1nc2cc(N)ccc2n1C1C2C3CCC(C3)C21. The summed E-state index contributed by atoms with van der Waals surface area (Å²) in [7, 11) is 0. The second-order valence-electron chi connectivity index (χ2n) is 6.76. The van der Waals surface area contributed by atoms with Gasteiger partial charge in [-0.05, 0) is 68.1 Å². The summed E-state index contributed by atoms with van der Waals surface area (Å²) in [6, 6.07) is 6.90. The number of benzene rings is 1. The third kappa shape index (κ3) is 1.17. The fourth-order valence-electron chi connectivity index (χ4n) is 5.24. The van der Waals surface area contributed by atoms with E-state index in [1.165, 1.54) is 30.6 Å². The van der Waals surface area contributed by atoms with E-state index in [0.29, 0.717) is 0 Å². The van der Waals surface area contributed by atoms with Crippen LogP contribution in [0.25, 0.3) is 11.0 Å². The summed E-state index contributed by atoms with van der Waals surface area (Å²) in [4.78, 5) is 4.72. The first-order valence-electron chi connectivity index (χ1n) is 7.48. The number of imidazole rings is 1. The third-order valence-corrected chi connectivity index (χ3v) is 5.88. The number of fused-ring (bicyclic) bond motifs is 6. The highest BCUT2D eigenvalue weighted by Gasteiger charge is 2.66. The molecule has 1 heterocycles. The molecule has 4 unspecified atom stereocenters. The highest BCUT2D eigenvalue weighted by molar-refractivity contribution is 5.80. The lowest BCUT2D eigenvalue weighted by Crippen LogP contribution is -2.06. The van der Waals surface area contributed by atoms with Crippen molar-refractivity contribution < 1.29 is 0 Å². The quantitative estimate of drug-likeness (QED) is 0.793. The van der Waals surface area contributed by atoms with Crippen molar-refractivity contribution in [3.8, 4) is 0 Å². The molecule has 0 amide bonds. The van der Waals surface area contributed by atoms with E-state index in [-0.39, 0.29) is 0 Å². The number of nitrogens with zero attached hydrogens (tertiary/aromatic N) is 2. The van der Waals surface area contributed by atoms with Crippen molar-refractivity contribution >= 4 is 16.7 Å². The minimum atomic E-state index is 0.736. The number of aromatic nitrogens is 2. The minimum Gasteiger partial charge on any atom is -0.399 e. The first-order valence-corrected chi connectivity index (χ1v) is 7.48. The van der Waals surface area contributed by atoms with E-state index in [9.17, 15) is 0 Å². The van der Waals surface area contributed by atoms with Crippen LogP contribution >= 0.6 is 0 Å². The van der Waals surface area contributed by atoms with E-state index in [1.807, 2.05) is 12.1 Å². The van der Waals surface area contributed by atoms with Crippen LogP contribution in [0.15, 0.2) is 18.2 Å². The Hall–Kier alpha value is -1.51. The number of hydrogen-bond acceptors (Lipinski definition) is 2. The van der Waals surface area contributed by atoms with Gasteiger partial charge in [-0.1, -0.05) is 0 Å². The van der Waals surface area contributed by atoms with Crippen molar-refractivity contribution in [3.05, 3.63) is 24.0 Å². The smallest absolute Gasteiger partial charge is 0.107 e. The van der Waals surface area contributed by atoms with Crippen LogP contribution in [0.5, 0.6) is 0 Å². The molecular formula is C16H19N3. The molecule has 1 aromatic carbocycles. The molecule has 0 aliphatic heterocycles. The number of rotatable bonds is 1. The van der Waals surface area contributed by atoms with E-state index in [0.717, 1.165) is 40.9 Å². The molecule has 5 rings (SSSR count). The largest absolute Gasteiger partial charge is 0.399 e. The van der Waals surface area contributed by atoms with Crippen molar-refractivity contribution in [2.24, 2.45) is 23.7 Å². The van der Waals surface area contributed by atoms with Gasteiger partial charge in [0, 0.05) is 11.7 Å². The first-order chi connectivity index (χ1) is 9.24. The van der Waals surface area contributed by atoms with Gasteiger partial charge in [-0.15, -0.1) is 0 Å². The van der Waals surface area contributed by atoms with E-state index in [1.54, 1.807) is 0 Å². The summed E-state index contributed by atoms with van der Waals surface area (Å²) in [6.45, 7) is 2.14. The van der Waals surface area contributed by atoms with Gasteiger partial charge in [0.25, 0.3) is 0 Å². The number of anilines is 1. The normalized spacial score (nSPS) is 38.9. The molecule has 4 atom stereocenters. The van der Waals surface area contributed by atoms with E-state index in [2.05, 4.69) is 17.6 Å². The summed E-state index contributed by atoms with van der Waals surface area (Å²) >= 11 is 0. The lowest BCUT2D eigenvalue weighted by atomic mass is 10.0. The maximum absolute atomic E-state index is 5.87. The summed E-state index contributed by atoms with van der Waals surface area (Å²) in [6.07, 6.45) is 4.45. The molecule has 3 nitrogen and oxygen atoms in total. The van der Waals surface area contributed by atoms with Gasteiger partial charge < -0.3 is 10.3 Å². The summed E-state index contributed by atoms with van der Waals surface area (Å²) in [5.41, 5.74) is 9.03. The predicted octanol–water partition coefficient (Wildman–Crippen LogP) is 3.14. The van der Waals surface area contributed by atoms with Gasteiger partial charge in [-0.2, -0.15) is 0 Å². The number of nitrogen functional groups attached to an aromatic ring is 1. The van der Waals surface area contributed by atoms with Crippen LogP contribution in [0.2, 0.25) is 0 Å². The molecule has 3 heteroatoms. The molecule has 3 aliphatic carbocycles. The Balaban J connectivity index is 1.65. The van der Waals surface area contributed by atoms with Crippen LogP contribution in [-0.2, 0) is 0 Å². The molecule has 98 valence electrons. The van der Waals surface area contributed by atoms with E-state index in [4.69, 9.17) is 10.7 Å². The molecule has 3 aliphatic rings. The average Bonchev–Trinajstić information content (AvgIpc) is 2.74. The zero-order valence-corrected chi connectivity index (χ0v) is 11.2. The van der Waals surface area contributed by atoms with E-state index < -0.39 is 0 Å². The van der Waals surface area contributed by atoms with Crippen LogP contribution in [0.3, 0.4) is 0 Å². The zero-order valence-electron chi connectivity index (χ0n) is 11.2. The number of aryl methyl sites for hydroxylation is 1. The maximum Gasteiger partial charge on any atom is 0.107 e. The Morgan fingerprint density at radius 1 is 1.21 bits per heavy atom. The molecule has 0 spiro atoms. The maximum atomic E-state index is 5.87. The Morgan fingerprint density at radius 2 is 1.95 bits per heavy atom. The fourth-order valence-corrected chi connectivity index (χ4v) is 5.24. The average molecular weight is 253 g/mol. The van der Waals surface area contributed by atoms with Crippen molar-refractivity contribution in [1.29, 1.82) is 0 Å². The van der Waals surface area contributed by atoms with Gasteiger partial charge in [0.2, 0.25) is 0 Å². The minimum absolute atomic E-state index is 0.736. The summed E-state index contributed by atoms with van der Waals surface area (Å²) < 4.78 is 2.51. The zero-order chi connectivity index (χ0) is 12.7. The lowest BCUT2D eigenvalue weighted by molar-refractivity contribution is 0.455. The van der Waals surface area contributed by atoms with Gasteiger partial charge in [0.15, 0.2) is 0 Å². The molecule has 0 saturated heterocycles. The Bertz CT molecular complexity index is 671. The van der Waals surface area contributed by atoms with E-state index >= 15 is 0 Å². The van der Waals surface area contributed by atoms with Crippen molar-refractivity contribution in [2.45, 2.75) is 32.2 Å². The summed E-state index contributed by atoms with van der Waals surface area (Å²) in [5, 5.41) is 0. The second kappa shape index (κ2) is 3.14. The van der Waals surface area contributed by atoms with Crippen LogP contribution in [0.1, 0.15) is 31.1 Å². The fraction of sp³-hybridized carbons (Fsp3) is 0.562. The van der Waals surface area contributed by atoms with Gasteiger partial charge in [0.1, 0.15) is 5.82 Å². The highest BCUT2D eigenvalue weighted by atomic mass is 15.2. The number of nitrogens with two attached hydrogens (primary N) is 1. The molecule has 3 fully saturated rings. The van der Waals surface area contributed by atoms with Crippen molar-refractivity contribution in [2.75, 3.05) is 5.73 Å². The second-order valence-corrected chi connectivity index (χ2v) is 6.76. The molecule has 2 bridgehead atoms. The van der Waals surface area contributed by atoms with Crippen LogP contribution < -0.4 is 5.73 Å². The van der Waals surface area contributed by atoms with Gasteiger partial charge >= 0.3 is 0 Å². The topological polar surface area (TPSA) is 43.8 Å². The van der Waals surface area contributed by atoms with Gasteiger partial charge in [-0.3, -0.25) is 0 Å². The Labute approximate surface area is 112 Å². The summed E-state index contributed by atoms with van der Waals surface area (Å²) in [5.74, 6) is 5.08. The molecule has 2 aromatic rings. The lowest BCUT2D eigenvalue weighted by Gasteiger charge is -2.12. The molecule has 0 radical (unpaired) electrons. The Morgan fingerprint density at radius 3 is 2.68 bits per heavy atom. The number of hydrogen-bond donors (Lipinski definition) is 1. The monoisotopic (exact) mass is 253 g/mol.